The maximum absolute atomic E-state index is 13.2. The van der Waals surface area contributed by atoms with E-state index < -0.39 is 52.2 Å². The van der Waals surface area contributed by atoms with E-state index in [1.807, 2.05) is 30.3 Å². The first-order chi connectivity index (χ1) is 21.1. The van der Waals surface area contributed by atoms with Crippen LogP contribution in [0.4, 0.5) is 10.7 Å². The van der Waals surface area contributed by atoms with Gasteiger partial charge in [0.05, 0.1) is 17.5 Å². The second kappa shape index (κ2) is 13.1. The number of rotatable bonds is 12. The van der Waals surface area contributed by atoms with Crippen molar-refractivity contribution in [2.24, 2.45) is 5.16 Å². The molecule has 0 bridgehead atoms. The van der Waals surface area contributed by atoms with Crippen LogP contribution in [0.5, 0.6) is 0 Å². The van der Waals surface area contributed by atoms with Crippen molar-refractivity contribution in [3.8, 4) is 0 Å². The maximum atomic E-state index is 13.2. The van der Waals surface area contributed by atoms with E-state index in [0.29, 0.717) is 18.9 Å². The minimum atomic E-state index is -4.15. The van der Waals surface area contributed by atoms with Gasteiger partial charge in [-0.15, -0.1) is 0 Å². The Morgan fingerprint density at radius 3 is 2.55 bits per heavy atom. The van der Waals surface area contributed by atoms with Gasteiger partial charge in [0.25, 0.3) is 5.91 Å². The first-order valence-corrected chi connectivity index (χ1v) is 15.2. The van der Waals surface area contributed by atoms with Crippen LogP contribution < -0.4 is 15.4 Å². The fraction of sp³-hybridized carbons (Fsp3) is 0.321. The van der Waals surface area contributed by atoms with Crippen LogP contribution in [0.15, 0.2) is 83.1 Å². The summed E-state index contributed by atoms with van der Waals surface area (Å²) in [5.41, 5.74) is -0.211. The number of carbonyl (C=O) groups is 3. The third kappa shape index (κ3) is 7.33. The number of aromatic nitrogens is 2. The van der Waals surface area contributed by atoms with Gasteiger partial charge < -0.3 is 30.3 Å². The zero-order chi connectivity index (χ0) is 31.2. The Labute approximate surface area is 252 Å². The number of imidazole rings is 1. The summed E-state index contributed by atoms with van der Waals surface area (Å²) >= 11 is 0. The molecule has 2 aliphatic rings. The number of nitrogens with one attached hydrogen (secondary N) is 4. The van der Waals surface area contributed by atoms with Crippen LogP contribution in [-0.2, 0) is 35.8 Å². The highest BCUT2D eigenvalue weighted by Gasteiger charge is 2.52. The van der Waals surface area contributed by atoms with Crippen LogP contribution in [0.3, 0.4) is 0 Å². The number of hydrogen-bond acceptors (Lipinski definition) is 10. The summed E-state index contributed by atoms with van der Waals surface area (Å²) in [6, 6.07) is 14.5. The molecule has 2 aliphatic heterocycles. The molecule has 0 radical (unpaired) electrons. The number of carbonyl (C=O) groups excluding carboxylic acids is 2. The number of benzene rings is 2. The highest BCUT2D eigenvalue weighted by atomic mass is 32.2. The second-order valence-electron chi connectivity index (χ2n) is 10.4. The Hall–Kier alpha value is -4.96. The molecule has 5 rings (SSSR count). The molecule has 232 valence electrons. The van der Waals surface area contributed by atoms with Gasteiger partial charge in [-0.1, -0.05) is 53.7 Å². The monoisotopic (exact) mass is 625 g/mol. The molecule has 5 N–H and O–H groups in total. The van der Waals surface area contributed by atoms with Crippen molar-refractivity contribution in [3.05, 3.63) is 78.6 Å². The molecule has 44 heavy (non-hydrogen) atoms. The molecule has 16 heteroatoms. The zero-order valence-corrected chi connectivity index (χ0v) is 24.2. The maximum Gasteiger partial charge on any atom is 0.410 e. The number of ether oxygens (including phenoxy) is 1. The van der Waals surface area contributed by atoms with Gasteiger partial charge in [-0.2, -0.15) is 4.72 Å². The highest BCUT2D eigenvalue weighted by molar-refractivity contribution is 7.89. The molecule has 2 unspecified atom stereocenters. The van der Waals surface area contributed by atoms with E-state index in [2.05, 4.69) is 30.5 Å². The lowest BCUT2D eigenvalue weighted by Gasteiger charge is -2.24. The van der Waals surface area contributed by atoms with E-state index in [1.54, 1.807) is 18.5 Å². The smallest absolute Gasteiger partial charge is 0.410 e. The second-order valence-corrected chi connectivity index (χ2v) is 12.1. The average molecular weight is 626 g/mol. The lowest BCUT2D eigenvalue weighted by molar-refractivity contribution is -0.138. The minimum absolute atomic E-state index is 0.0164. The topological polar surface area (TPSA) is 204 Å². The van der Waals surface area contributed by atoms with Gasteiger partial charge in [-0.25, -0.2) is 18.2 Å². The van der Waals surface area contributed by atoms with Gasteiger partial charge in [-0.05, 0) is 17.7 Å². The van der Waals surface area contributed by atoms with Gasteiger partial charge in [-0.3, -0.25) is 14.5 Å². The van der Waals surface area contributed by atoms with Crippen LogP contribution in [0, 0.1) is 0 Å². The molecule has 3 atom stereocenters. The first kappa shape index (κ1) is 30.5. The zero-order valence-electron chi connectivity index (χ0n) is 23.4. The number of amides is 2. The predicted molar refractivity (Wildman–Crippen MR) is 156 cm³/mol. The van der Waals surface area contributed by atoms with Crippen molar-refractivity contribution in [3.63, 3.8) is 0 Å². The normalized spacial score (nSPS) is 20.0. The van der Waals surface area contributed by atoms with Crippen LogP contribution in [0.25, 0.3) is 0 Å². The quantitative estimate of drug-likeness (QED) is 0.195. The van der Waals surface area contributed by atoms with E-state index in [1.165, 1.54) is 29.2 Å². The number of anilines is 1. The number of H-pyrrole nitrogens is 1. The standard InChI is InChI=1S/C28H31N7O8S/c36-24(31-16-23(25(37)38)34-44(40,41)21-9-5-2-6-10-21)22-14-28(43-33-22)13-20(15-32-26-29-11-12-30-26)35(18-28)27(39)42-17-19-7-3-1-4-8-19/h1-12,20,23,34H,13-18H2,(H,31,36)(H,37,38)(H2,29,30,32)/t20?,23-,28?/m0/s1. The molecule has 15 nitrogen and oxygen atoms in total. The number of nitrogens with zero attached hydrogens (tertiary/aromatic N) is 3. The van der Waals surface area contributed by atoms with Crippen molar-refractivity contribution in [2.75, 3.05) is 25.0 Å². The summed E-state index contributed by atoms with van der Waals surface area (Å²) in [4.78, 5) is 52.1. The predicted octanol–water partition coefficient (Wildman–Crippen LogP) is 1.30. The third-order valence-electron chi connectivity index (χ3n) is 7.17. The van der Waals surface area contributed by atoms with Crippen LogP contribution in [0.2, 0.25) is 0 Å². The van der Waals surface area contributed by atoms with E-state index in [0.717, 1.165) is 5.56 Å². The van der Waals surface area contributed by atoms with Crippen molar-refractivity contribution in [1.29, 1.82) is 0 Å². The molecule has 0 saturated carbocycles. The molecule has 3 heterocycles. The van der Waals surface area contributed by atoms with Gasteiger partial charge >= 0.3 is 12.1 Å². The lowest BCUT2D eigenvalue weighted by atomic mass is 9.94. The van der Waals surface area contributed by atoms with Crippen LogP contribution in [-0.4, -0.2) is 89.4 Å². The van der Waals surface area contributed by atoms with E-state index in [9.17, 15) is 27.9 Å². The molecule has 1 fully saturated rings. The largest absolute Gasteiger partial charge is 0.480 e. The molecule has 1 aromatic heterocycles. The summed E-state index contributed by atoms with van der Waals surface area (Å²) in [5.74, 6) is -1.68. The Morgan fingerprint density at radius 1 is 1.14 bits per heavy atom. The van der Waals surface area contributed by atoms with Gasteiger partial charge in [0, 0.05) is 38.3 Å². The Bertz CT molecular complexity index is 1600. The number of carboxylic acid groups (broad SMARTS) is 1. The molecular weight excluding hydrogens is 594 g/mol. The molecule has 2 aromatic carbocycles. The fourth-order valence-electron chi connectivity index (χ4n) is 4.99. The number of hydrogen-bond donors (Lipinski definition) is 5. The third-order valence-corrected chi connectivity index (χ3v) is 8.65. The number of likely N-dealkylation sites (tertiary alicyclic amines) is 1. The number of aliphatic carboxylic acids is 1. The number of oxime groups is 1. The molecular formula is C28H31N7O8S. The van der Waals surface area contributed by atoms with Crippen LogP contribution >= 0.6 is 0 Å². The van der Waals surface area contributed by atoms with Gasteiger partial charge in [0.1, 0.15) is 18.4 Å². The first-order valence-electron chi connectivity index (χ1n) is 13.7. The van der Waals surface area contributed by atoms with E-state index >= 15 is 0 Å². The molecule has 2 amide bonds. The summed E-state index contributed by atoms with van der Waals surface area (Å²) in [7, 11) is -4.15. The SMILES string of the molecule is O=C(NC[C@H](NS(=O)(=O)c1ccccc1)C(=O)O)C1=NOC2(C1)CC(CNc1ncc[nH]1)N(C(=O)OCc1ccccc1)C2. The highest BCUT2D eigenvalue weighted by Crippen LogP contribution is 2.38. The minimum Gasteiger partial charge on any atom is -0.480 e. The molecule has 3 aromatic rings. The van der Waals surface area contributed by atoms with E-state index in [4.69, 9.17) is 9.57 Å². The molecule has 1 saturated heterocycles. The molecule has 0 aliphatic carbocycles. The summed E-state index contributed by atoms with van der Waals surface area (Å²) in [6.45, 7) is -0.0758. The number of carboxylic acids is 1. The number of aromatic amines is 1. The Balaban J connectivity index is 1.20. The van der Waals surface area contributed by atoms with E-state index in [-0.39, 0.29) is 30.2 Å². The summed E-state index contributed by atoms with van der Waals surface area (Å²) in [6.07, 6.45) is 3.03. The van der Waals surface area contributed by atoms with Gasteiger partial charge in [0.15, 0.2) is 11.5 Å². The average Bonchev–Trinajstić information content (AvgIpc) is 3.78. The van der Waals surface area contributed by atoms with Crippen molar-refractivity contribution >= 4 is 39.7 Å². The Morgan fingerprint density at radius 2 is 1.86 bits per heavy atom. The Kier molecular flexibility index (Phi) is 9.10. The summed E-state index contributed by atoms with van der Waals surface area (Å²) < 4.78 is 32.9. The van der Waals surface area contributed by atoms with Crippen molar-refractivity contribution in [2.45, 2.75) is 42.0 Å². The summed E-state index contributed by atoms with van der Waals surface area (Å²) in [5, 5.41) is 19.1. The van der Waals surface area contributed by atoms with Crippen molar-refractivity contribution in [1.82, 2.24) is 24.9 Å². The van der Waals surface area contributed by atoms with Crippen LogP contribution in [0.1, 0.15) is 18.4 Å². The number of sulfonamides is 1. The van der Waals surface area contributed by atoms with Crippen molar-refractivity contribution < 1.29 is 37.5 Å². The fourth-order valence-corrected chi connectivity index (χ4v) is 6.20. The molecule has 1 spiro atoms. The van der Waals surface area contributed by atoms with Gasteiger partial charge in [0.2, 0.25) is 10.0 Å². The lowest BCUT2D eigenvalue weighted by Crippen LogP contribution is -2.49.